The van der Waals surface area contributed by atoms with E-state index >= 15 is 0 Å². The zero-order valence-electron chi connectivity index (χ0n) is 21.5. The Bertz CT molecular complexity index is 1320. The molecular weight excluding hydrogens is 514 g/mol. The molecule has 0 saturated carbocycles. The van der Waals surface area contributed by atoms with Gasteiger partial charge in [0.05, 0.1) is 22.0 Å². The van der Waals surface area contributed by atoms with Crippen LogP contribution in [0.1, 0.15) is 55.5 Å². The van der Waals surface area contributed by atoms with Gasteiger partial charge in [0.2, 0.25) is 20.0 Å². The molecule has 0 radical (unpaired) electrons. The highest BCUT2D eigenvalue weighted by molar-refractivity contribution is 7.89. The molecule has 37 heavy (non-hydrogen) atoms. The largest absolute Gasteiger partial charge is 0.373 e. The molecule has 2 aromatic carbocycles. The third-order valence-electron chi connectivity index (χ3n) is 6.77. The van der Waals surface area contributed by atoms with E-state index in [0.717, 1.165) is 25.7 Å². The Morgan fingerprint density at radius 3 is 2.03 bits per heavy atom. The standard InChI is InChI=1S/C26H35N3O6S2/c1-19-8-11-23(16-25(19)37(33,34)28-14-6-4-5-7-15-28)27-26(30)22-9-12-24(13-10-22)36(31,32)29-17-20(2)35-21(3)18-29/h8-13,16,20-21H,4-7,14-15,17-18H2,1-3H3,(H,27,30). The molecule has 1 amide bonds. The molecule has 2 saturated heterocycles. The van der Waals surface area contributed by atoms with Crippen LogP contribution in [0.15, 0.2) is 52.3 Å². The smallest absolute Gasteiger partial charge is 0.255 e. The SMILES string of the molecule is Cc1ccc(NC(=O)c2ccc(S(=O)(=O)N3CC(C)OC(C)C3)cc2)cc1S(=O)(=O)N1CCCCCC1. The summed E-state index contributed by atoms with van der Waals surface area (Å²) in [5, 5.41) is 2.75. The summed E-state index contributed by atoms with van der Waals surface area (Å²) in [5.74, 6) is -0.459. The predicted octanol–water partition coefficient (Wildman–Crippen LogP) is 3.61. The third-order valence-corrected chi connectivity index (χ3v) is 10.7. The Labute approximate surface area is 219 Å². The Morgan fingerprint density at radius 2 is 1.43 bits per heavy atom. The maximum atomic E-state index is 13.3. The van der Waals surface area contributed by atoms with Crippen molar-refractivity contribution in [1.82, 2.24) is 8.61 Å². The molecule has 9 nitrogen and oxygen atoms in total. The number of anilines is 1. The van der Waals surface area contributed by atoms with E-state index in [1.807, 2.05) is 13.8 Å². The van der Waals surface area contributed by atoms with Crippen molar-refractivity contribution in [3.63, 3.8) is 0 Å². The molecule has 0 spiro atoms. The lowest BCUT2D eigenvalue weighted by Crippen LogP contribution is -2.48. The van der Waals surface area contributed by atoms with Crippen LogP contribution in [0.4, 0.5) is 5.69 Å². The minimum Gasteiger partial charge on any atom is -0.373 e. The van der Waals surface area contributed by atoms with Gasteiger partial charge in [-0.25, -0.2) is 16.8 Å². The molecule has 4 rings (SSSR count). The van der Waals surface area contributed by atoms with Crippen molar-refractivity contribution >= 4 is 31.6 Å². The van der Waals surface area contributed by atoms with Gasteiger partial charge < -0.3 is 10.1 Å². The van der Waals surface area contributed by atoms with Gasteiger partial charge in [-0.15, -0.1) is 0 Å². The molecule has 2 unspecified atom stereocenters. The fraction of sp³-hybridized carbons (Fsp3) is 0.500. The normalized spacial score (nSPS) is 22.4. The van der Waals surface area contributed by atoms with Gasteiger partial charge in [-0.1, -0.05) is 18.9 Å². The summed E-state index contributed by atoms with van der Waals surface area (Å²) >= 11 is 0. The van der Waals surface area contributed by atoms with E-state index in [2.05, 4.69) is 5.32 Å². The van der Waals surface area contributed by atoms with Crippen LogP contribution in [0, 0.1) is 6.92 Å². The van der Waals surface area contributed by atoms with Gasteiger partial charge >= 0.3 is 0 Å². The monoisotopic (exact) mass is 549 g/mol. The molecular formula is C26H35N3O6S2. The second kappa shape index (κ2) is 11.2. The number of hydrogen-bond acceptors (Lipinski definition) is 6. The molecule has 2 heterocycles. The van der Waals surface area contributed by atoms with Crippen molar-refractivity contribution in [3.05, 3.63) is 53.6 Å². The molecule has 0 bridgehead atoms. The summed E-state index contributed by atoms with van der Waals surface area (Å²) in [4.78, 5) is 13.2. The van der Waals surface area contributed by atoms with Crippen molar-refractivity contribution in [2.75, 3.05) is 31.5 Å². The number of carbonyl (C=O) groups is 1. The summed E-state index contributed by atoms with van der Waals surface area (Å²) in [7, 11) is -7.40. The van der Waals surface area contributed by atoms with Gasteiger partial charge in [0.1, 0.15) is 0 Å². The summed E-state index contributed by atoms with van der Waals surface area (Å²) in [5.41, 5.74) is 1.24. The minimum absolute atomic E-state index is 0.103. The van der Waals surface area contributed by atoms with E-state index in [1.165, 1.54) is 38.9 Å². The number of hydrogen-bond donors (Lipinski definition) is 1. The highest BCUT2D eigenvalue weighted by Crippen LogP contribution is 2.27. The highest BCUT2D eigenvalue weighted by Gasteiger charge is 2.32. The first kappa shape index (κ1) is 27.7. The van der Waals surface area contributed by atoms with Crippen LogP contribution >= 0.6 is 0 Å². The predicted molar refractivity (Wildman–Crippen MR) is 142 cm³/mol. The van der Waals surface area contributed by atoms with E-state index < -0.39 is 26.0 Å². The topological polar surface area (TPSA) is 113 Å². The van der Waals surface area contributed by atoms with Crippen molar-refractivity contribution in [2.45, 2.75) is 68.5 Å². The van der Waals surface area contributed by atoms with Crippen LogP contribution in [0.2, 0.25) is 0 Å². The van der Waals surface area contributed by atoms with Crippen molar-refractivity contribution in [1.29, 1.82) is 0 Å². The number of morpholine rings is 1. The van der Waals surface area contributed by atoms with Crippen LogP contribution in [0.5, 0.6) is 0 Å². The summed E-state index contributed by atoms with van der Waals surface area (Å²) < 4.78 is 61.3. The van der Waals surface area contributed by atoms with E-state index in [0.29, 0.717) is 24.3 Å². The number of aryl methyl sites for hydroxylation is 1. The molecule has 202 valence electrons. The molecule has 0 aliphatic carbocycles. The maximum absolute atomic E-state index is 13.3. The first-order chi connectivity index (χ1) is 17.5. The molecule has 11 heteroatoms. The fourth-order valence-electron chi connectivity index (χ4n) is 4.83. The number of nitrogens with one attached hydrogen (secondary N) is 1. The van der Waals surface area contributed by atoms with Gasteiger partial charge in [-0.2, -0.15) is 8.61 Å². The summed E-state index contributed by atoms with van der Waals surface area (Å²) in [6.45, 7) is 6.94. The quantitative estimate of drug-likeness (QED) is 0.589. The van der Waals surface area contributed by atoms with Crippen molar-refractivity contribution in [2.24, 2.45) is 0 Å². The van der Waals surface area contributed by atoms with Crippen LogP contribution < -0.4 is 5.32 Å². The molecule has 2 aliphatic heterocycles. The average molecular weight is 550 g/mol. The lowest BCUT2D eigenvalue weighted by molar-refractivity contribution is -0.0440. The van der Waals surface area contributed by atoms with Crippen LogP contribution in [-0.4, -0.2) is 69.7 Å². The number of sulfonamides is 2. The van der Waals surface area contributed by atoms with Crippen LogP contribution in [0.3, 0.4) is 0 Å². The number of benzene rings is 2. The zero-order valence-corrected chi connectivity index (χ0v) is 23.1. The molecule has 1 N–H and O–H groups in total. The average Bonchev–Trinajstić information content (AvgIpc) is 3.15. The number of ether oxygens (including phenoxy) is 1. The zero-order chi connectivity index (χ0) is 26.8. The first-order valence-electron chi connectivity index (χ1n) is 12.7. The maximum Gasteiger partial charge on any atom is 0.255 e. The van der Waals surface area contributed by atoms with Crippen LogP contribution in [-0.2, 0) is 24.8 Å². The molecule has 2 aromatic rings. The van der Waals surface area contributed by atoms with Gasteiger partial charge in [0.15, 0.2) is 0 Å². The second-order valence-corrected chi connectivity index (χ2v) is 13.7. The summed E-state index contributed by atoms with van der Waals surface area (Å²) in [6, 6.07) is 10.6. The van der Waals surface area contributed by atoms with Crippen molar-refractivity contribution < 1.29 is 26.4 Å². The number of nitrogens with zero attached hydrogens (tertiary/aromatic N) is 2. The van der Waals surface area contributed by atoms with E-state index in [9.17, 15) is 21.6 Å². The second-order valence-electron chi connectivity index (χ2n) is 9.86. The number of carbonyl (C=O) groups excluding carboxylic acids is 1. The Balaban J connectivity index is 1.50. The third kappa shape index (κ3) is 6.23. The number of rotatable bonds is 6. The first-order valence-corrected chi connectivity index (χ1v) is 15.5. The van der Waals surface area contributed by atoms with E-state index in [1.54, 1.807) is 19.1 Å². The van der Waals surface area contributed by atoms with Crippen LogP contribution in [0.25, 0.3) is 0 Å². The minimum atomic E-state index is -3.72. The van der Waals surface area contributed by atoms with Crippen molar-refractivity contribution in [3.8, 4) is 0 Å². The highest BCUT2D eigenvalue weighted by atomic mass is 32.2. The molecule has 2 fully saturated rings. The molecule has 2 atom stereocenters. The Kier molecular flexibility index (Phi) is 8.39. The fourth-order valence-corrected chi connectivity index (χ4v) is 8.19. The van der Waals surface area contributed by atoms with E-state index in [4.69, 9.17) is 4.74 Å². The van der Waals surface area contributed by atoms with Gasteiger partial charge in [-0.3, -0.25) is 4.79 Å². The van der Waals surface area contributed by atoms with Gasteiger partial charge in [-0.05, 0) is 75.6 Å². The van der Waals surface area contributed by atoms with Gasteiger partial charge in [0, 0.05) is 37.4 Å². The number of amides is 1. The Morgan fingerprint density at radius 1 is 0.838 bits per heavy atom. The Hall–Kier alpha value is -2.31. The van der Waals surface area contributed by atoms with Gasteiger partial charge in [0.25, 0.3) is 5.91 Å². The van der Waals surface area contributed by atoms with E-state index in [-0.39, 0.29) is 40.7 Å². The summed E-state index contributed by atoms with van der Waals surface area (Å²) in [6.07, 6.45) is 3.31. The molecule has 2 aliphatic rings. The lowest BCUT2D eigenvalue weighted by Gasteiger charge is -2.34. The lowest BCUT2D eigenvalue weighted by atomic mass is 10.2. The molecule has 0 aromatic heterocycles.